The fourth-order valence-corrected chi connectivity index (χ4v) is 3.13. The van der Waals surface area contributed by atoms with E-state index in [9.17, 15) is 4.79 Å². The van der Waals surface area contributed by atoms with Crippen LogP contribution in [0.5, 0.6) is 0 Å². The Morgan fingerprint density at radius 3 is 3.13 bits per heavy atom. The Balaban J connectivity index is 1.91. The van der Waals surface area contributed by atoms with Crippen molar-refractivity contribution in [1.82, 2.24) is 4.90 Å². The molecular weight excluding hydrogens is 230 g/mol. The van der Waals surface area contributed by atoms with E-state index in [1.807, 2.05) is 6.07 Å². The second-order valence-electron chi connectivity index (χ2n) is 3.98. The van der Waals surface area contributed by atoms with Gasteiger partial charge >= 0.3 is 0 Å². The lowest BCUT2D eigenvalue weighted by Gasteiger charge is -2.29. The number of nitrogens with zero attached hydrogens (tertiary/aromatic N) is 1. The summed E-state index contributed by atoms with van der Waals surface area (Å²) in [7, 11) is 0. The third-order valence-electron chi connectivity index (χ3n) is 2.74. The summed E-state index contributed by atoms with van der Waals surface area (Å²) < 4.78 is 0.842. The number of halogens is 1. The molecule has 0 spiro atoms. The molecule has 1 fully saturated rings. The lowest BCUT2D eigenvalue weighted by atomic mass is 10.00. The SMILES string of the molecule is O=CC1CCCN(Cc2ccc(Cl)s2)C1. The molecule has 1 aliphatic rings. The molecule has 0 N–H and O–H groups in total. The van der Waals surface area contributed by atoms with E-state index in [-0.39, 0.29) is 5.92 Å². The maximum absolute atomic E-state index is 10.7. The van der Waals surface area contributed by atoms with E-state index >= 15 is 0 Å². The Morgan fingerprint density at radius 2 is 2.47 bits per heavy atom. The molecule has 0 amide bonds. The maximum atomic E-state index is 10.7. The Bertz CT molecular complexity index is 339. The van der Waals surface area contributed by atoms with Crippen molar-refractivity contribution in [2.75, 3.05) is 13.1 Å². The summed E-state index contributed by atoms with van der Waals surface area (Å²) in [6, 6.07) is 4.00. The van der Waals surface area contributed by atoms with Crippen molar-refractivity contribution in [3.63, 3.8) is 0 Å². The van der Waals surface area contributed by atoms with E-state index in [0.29, 0.717) is 0 Å². The van der Waals surface area contributed by atoms with Gasteiger partial charge in [-0.2, -0.15) is 0 Å². The Kier molecular flexibility index (Phi) is 3.78. The van der Waals surface area contributed by atoms with Crippen molar-refractivity contribution in [2.24, 2.45) is 5.92 Å². The molecule has 0 aromatic carbocycles. The third kappa shape index (κ3) is 3.03. The highest BCUT2D eigenvalue weighted by Gasteiger charge is 2.19. The first kappa shape index (κ1) is 11.1. The van der Waals surface area contributed by atoms with Crippen LogP contribution in [0.3, 0.4) is 0 Å². The van der Waals surface area contributed by atoms with Crippen molar-refractivity contribution in [1.29, 1.82) is 0 Å². The summed E-state index contributed by atoms with van der Waals surface area (Å²) in [6.45, 7) is 2.93. The molecule has 4 heteroatoms. The van der Waals surface area contributed by atoms with Crippen LogP contribution in [0, 0.1) is 5.92 Å². The second-order valence-corrected chi connectivity index (χ2v) is 5.78. The maximum Gasteiger partial charge on any atom is 0.124 e. The molecule has 1 unspecified atom stereocenters. The van der Waals surface area contributed by atoms with E-state index in [2.05, 4.69) is 11.0 Å². The average Bonchev–Trinajstić information content (AvgIpc) is 2.64. The Labute approximate surface area is 98.8 Å². The zero-order valence-electron chi connectivity index (χ0n) is 8.49. The first-order valence-electron chi connectivity index (χ1n) is 5.20. The van der Waals surface area contributed by atoms with Crippen molar-refractivity contribution in [3.8, 4) is 0 Å². The minimum Gasteiger partial charge on any atom is -0.303 e. The lowest BCUT2D eigenvalue weighted by molar-refractivity contribution is -0.112. The molecule has 0 saturated carbocycles. The van der Waals surface area contributed by atoms with Crippen LogP contribution < -0.4 is 0 Å². The number of piperidine rings is 1. The predicted molar refractivity (Wildman–Crippen MR) is 63.4 cm³/mol. The van der Waals surface area contributed by atoms with Crippen LogP contribution in [-0.2, 0) is 11.3 Å². The van der Waals surface area contributed by atoms with Crippen molar-refractivity contribution >= 4 is 29.2 Å². The Hall–Kier alpha value is -0.380. The third-order valence-corrected chi connectivity index (χ3v) is 3.96. The summed E-state index contributed by atoms with van der Waals surface area (Å²) in [4.78, 5) is 14.3. The van der Waals surface area contributed by atoms with Crippen LogP contribution in [0.15, 0.2) is 12.1 Å². The number of rotatable bonds is 3. The first-order chi connectivity index (χ1) is 7.28. The summed E-state index contributed by atoms with van der Waals surface area (Å²) in [5.74, 6) is 0.231. The number of carbonyl (C=O) groups is 1. The summed E-state index contributed by atoms with van der Waals surface area (Å²) in [5, 5.41) is 0. The van der Waals surface area contributed by atoms with Gasteiger partial charge in [0.2, 0.25) is 0 Å². The number of hydrogen-bond acceptors (Lipinski definition) is 3. The predicted octanol–water partition coefficient (Wildman–Crippen LogP) is 2.81. The molecule has 0 bridgehead atoms. The van der Waals surface area contributed by atoms with Crippen molar-refractivity contribution in [2.45, 2.75) is 19.4 Å². The fourth-order valence-electron chi connectivity index (χ4n) is 2.00. The van der Waals surface area contributed by atoms with Gasteiger partial charge in [-0.15, -0.1) is 11.3 Å². The topological polar surface area (TPSA) is 20.3 Å². The van der Waals surface area contributed by atoms with E-state index in [1.54, 1.807) is 11.3 Å². The molecular formula is C11H14ClNOS. The smallest absolute Gasteiger partial charge is 0.124 e. The molecule has 1 atom stereocenters. The Morgan fingerprint density at radius 1 is 1.60 bits per heavy atom. The van der Waals surface area contributed by atoms with Crippen LogP contribution in [0.2, 0.25) is 4.34 Å². The van der Waals surface area contributed by atoms with Gasteiger partial charge in [-0.05, 0) is 31.5 Å². The molecule has 1 saturated heterocycles. The molecule has 1 aromatic heterocycles. The van der Waals surface area contributed by atoms with Crippen LogP contribution in [0.25, 0.3) is 0 Å². The molecule has 82 valence electrons. The van der Waals surface area contributed by atoms with Gasteiger partial charge in [0.25, 0.3) is 0 Å². The van der Waals surface area contributed by atoms with Gasteiger partial charge < -0.3 is 4.79 Å². The standard InChI is InChI=1S/C11H14ClNOS/c12-11-4-3-10(15-11)7-13-5-1-2-9(6-13)8-14/h3-4,8-9H,1-2,5-7H2. The monoisotopic (exact) mass is 243 g/mol. The minimum atomic E-state index is 0.231. The molecule has 0 aliphatic carbocycles. The summed E-state index contributed by atoms with van der Waals surface area (Å²) >= 11 is 7.50. The number of thiophene rings is 1. The van der Waals surface area contributed by atoms with Crippen LogP contribution >= 0.6 is 22.9 Å². The highest BCUT2D eigenvalue weighted by molar-refractivity contribution is 7.16. The van der Waals surface area contributed by atoms with Gasteiger partial charge in [0.1, 0.15) is 6.29 Å². The van der Waals surface area contributed by atoms with E-state index in [1.165, 1.54) is 4.88 Å². The number of aldehydes is 1. The molecule has 2 rings (SSSR count). The molecule has 2 nitrogen and oxygen atoms in total. The lowest BCUT2D eigenvalue weighted by Crippen LogP contribution is -2.35. The quantitative estimate of drug-likeness (QED) is 0.761. The largest absolute Gasteiger partial charge is 0.303 e. The first-order valence-corrected chi connectivity index (χ1v) is 6.39. The van der Waals surface area contributed by atoms with Crippen LogP contribution in [0.1, 0.15) is 17.7 Å². The molecule has 1 aromatic rings. The zero-order chi connectivity index (χ0) is 10.7. The summed E-state index contributed by atoms with van der Waals surface area (Å²) in [6.07, 6.45) is 3.27. The minimum absolute atomic E-state index is 0.231. The van der Waals surface area contributed by atoms with Crippen LogP contribution in [-0.4, -0.2) is 24.3 Å². The number of carbonyl (C=O) groups excluding carboxylic acids is 1. The zero-order valence-corrected chi connectivity index (χ0v) is 10.1. The molecule has 1 aliphatic heterocycles. The summed E-state index contributed by atoms with van der Waals surface area (Å²) in [5.41, 5.74) is 0. The molecule has 0 radical (unpaired) electrons. The van der Waals surface area contributed by atoms with E-state index in [4.69, 9.17) is 11.6 Å². The van der Waals surface area contributed by atoms with Gasteiger partial charge in [-0.25, -0.2) is 0 Å². The van der Waals surface area contributed by atoms with E-state index < -0.39 is 0 Å². The molecule has 2 heterocycles. The average molecular weight is 244 g/mol. The van der Waals surface area contributed by atoms with Crippen molar-refractivity contribution in [3.05, 3.63) is 21.3 Å². The van der Waals surface area contributed by atoms with Crippen molar-refractivity contribution < 1.29 is 4.79 Å². The molecule has 15 heavy (non-hydrogen) atoms. The highest BCUT2D eigenvalue weighted by Crippen LogP contribution is 2.24. The number of likely N-dealkylation sites (tertiary alicyclic amines) is 1. The number of hydrogen-bond donors (Lipinski definition) is 0. The van der Waals surface area contributed by atoms with Gasteiger partial charge in [-0.1, -0.05) is 11.6 Å². The second kappa shape index (κ2) is 5.10. The van der Waals surface area contributed by atoms with Gasteiger partial charge in [0.15, 0.2) is 0 Å². The normalized spacial score (nSPS) is 22.9. The van der Waals surface area contributed by atoms with Gasteiger partial charge in [-0.3, -0.25) is 4.90 Å². The highest BCUT2D eigenvalue weighted by atomic mass is 35.5. The van der Waals surface area contributed by atoms with Gasteiger partial charge in [0.05, 0.1) is 4.34 Å². The van der Waals surface area contributed by atoms with Gasteiger partial charge in [0, 0.05) is 23.9 Å². The fraction of sp³-hybridized carbons (Fsp3) is 0.545. The van der Waals surface area contributed by atoms with Crippen LogP contribution in [0.4, 0.5) is 0 Å². The van der Waals surface area contributed by atoms with E-state index in [0.717, 1.165) is 43.1 Å².